The molecule has 6 heteroatoms. The molecule has 1 fully saturated rings. The summed E-state index contributed by atoms with van der Waals surface area (Å²) in [4.78, 5) is 27.7. The summed E-state index contributed by atoms with van der Waals surface area (Å²) < 4.78 is 6.03. The van der Waals surface area contributed by atoms with Gasteiger partial charge in [-0.1, -0.05) is 24.3 Å². The Bertz CT molecular complexity index is 799. The van der Waals surface area contributed by atoms with Gasteiger partial charge in [0.2, 0.25) is 17.7 Å². The fourth-order valence-corrected chi connectivity index (χ4v) is 3.03. The first-order valence-electron chi connectivity index (χ1n) is 8.77. The highest BCUT2D eigenvalue weighted by atomic mass is 16.5. The van der Waals surface area contributed by atoms with Crippen LogP contribution in [0.5, 0.6) is 11.6 Å². The van der Waals surface area contributed by atoms with E-state index in [9.17, 15) is 9.59 Å². The molecule has 0 bridgehead atoms. The van der Waals surface area contributed by atoms with Crippen LogP contribution in [0.2, 0.25) is 0 Å². The van der Waals surface area contributed by atoms with Crippen LogP contribution >= 0.6 is 0 Å². The first kappa shape index (κ1) is 17.9. The second-order valence-electron chi connectivity index (χ2n) is 6.57. The Kier molecular flexibility index (Phi) is 5.51. The van der Waals surface area contributed by atoms with E-state index in [4.69, 9.17) is 4.74 Å². The minimum Gasteiger partial charge on any atom is -0.438 e. The Morgan fingerprint density at radius 1 is 1.27 bits per heavy atom. The van der Waals surface area contributed by atoms with Gasteiger partial charge in [0.15, 0.2) is 0 Å². The zero-order chi connectivity index (χ0) is 18.5. The molecule has 1 aromatic heterocycles. The lowest BCUT2D eigenvalue weighted by Gasteiger charge is -2.15. The number of aromatic nitrogens is 1. The second kappa shape index (κ2) is 7.99. The molecule has 6 nitrogen and oxygen atoms in total. The lowest BCUT2D eigenvalue weighted by atomic mass is 10.1. The van der Waals surface area contributed by atoms with Crippen molar-refractivity contribution in [1.82, 2.24) is 15.6 Å². The molecule has 136 valence electrons. The van der Waals surface area contributed by atoms with Crippen molar-refractivity contribution < 1.29 is 14.3 Å². The number of nitrogens with one attached hydrogen (secondary N) is 2. The summed E-state index contributed by atoms with van der Waals surface area (Å²) in [5.41, 5.74) is 2.86. The van der Waals surface area contributed by atoms with E-state index in [0.29, 0.717) is 31.7 Å². The molecule has 2 N–H and O–H groups in total. The number of rotatable bonds is 6. The van der Waals surface area contributed by atoms with Crippen molar-refractivity contribution in [3.05, 3.63) is 53.2 Å². The van der Waals surface area contributed by atoms with Gasteiger partial charge in [-0.05, 0) is 37.5 Å². The molecule has 1 atom stereocenters. The third kappa shape index (κ3) is 4.39. The number of amides is 2. The Hall–Kier alpha value is -2.89. The monoisotopic (exact) mass is 353 g/mol. The Morgan fingerprint density at radius 2 is 2.04 bits per heavy atom. The molecule has 1 aliphatic rings. The average molecular weight is 353 g/mol. The highest BCUT2D eigenvalue weighted by Crippen LogP contribution is 2.29. The maximum absolute atomic E-state index is 12.1. The average Bonchev–Trinajstić information content (AvgIpc) is 3.02. The van der Waals surface area contributed by atoms with Gasteiger partial charge in [0.25, 0.3) is 0 Å². The topological polar surface area (TPSA) is 80.3 Å². The molecule has 2 aromatic rings. The van der Waals surface area contributed by atoms with Crippen LogP contribution in [-0.2, 0) is 16.1 Å². The Labute approximate surface area is 153 Å². The molecule has 1 aromatic carbocycles. The highest BCUT2D eigenvalue weighted by molar-refractivity contribution is 5.81. The first-order chi connectivity index (χ1) is 12.5. The standard InChI is InChI=1S/C20H23N3O3/c1-13-5-3-6-14(2)19(13)26-20-15(7-4-10-21-20)12-22-18(25)11-16-8-9-17(24)23-16/h3-7,10,16H,8-9,11-12H2,1-2H3,(H,22,25)(H,23,24). The maximum Gasteiger partial charge on any atom is 0.224 e. The number of aryl methyl sites for hydroxylation is 2. The summed E-state index contributed by atoms with van der Waals surface area (Å²) in [6, 6.07) is 9.59. The van der Waals surface area contributed by atoms with E-state index >= 15 is 0 Å². The van der Waals surface area contributed by atoms with Crippen molar-refractivity contribution in [2.75, 3.05) is 0 Å². The maximum atomic E-state index is 12.1. The quantitative estimate of drug-likeness (QED) is 0.837. The van der Waals surface area contributed by atoms with Crippen molar-refractivity contribution in [1.29, 1.82) is 0 Å². The van der Waals surface area contributed by atoms with Crippen LogP contribution in [0.15, 0.2) is 36.5 Å². The summed E-state index contributed by atoms with van der Waals surface area (Å²) >= 11 is 0. The number of carbonyl (C=O) groups excluding carboxylic acids is 2. The van der Waals surface area contributed by atoms with Crippen molar-refractivity contribution >= 4 is 11.8 Å². The molecule has 2 heterocycles. The van der Waals surface area contributed by atoms with Crippen LogP contribution in [0.3, 0.4) is 0 Å². The van der Waals surface area contributed by atoms with Gasteiger partial charge in [-0.2, -0.15) is 0 Å². The molecule has 3 rings (SSSR count). The van der Waals surface area contributed by atoms with Crippen molar-refractivity contribution in [2.45, 2.75) is 45.7 Å². The van der Waals surface area contributed by atoms with E-state index in [1.165, 1.54) is 0 Å². The molecule has 0 radical (unpaired) electrons. The van der Waals surface area contributed by atoms with Gasteiger partial charge in [-0.3, -0.25) is 9.59 Å². The van der Waals surface area contributed by atoms with Crippen LogP contribution in [-0.4, -0.2) is 22.8 Å². The molecular formula is C20H23N3O3. The lowest BCUT2D eigenvalue weighted by Crippen LogP contribution is -2.33. The van der Waals surface area contributed by atoms with Gasteiger partial charge in [-0.25, -0.2) is 4.98 Å². The van der Waals surface area contributed by atoms with Crippen LogP contribution < -0.4 is 15.4 Å². The normalized spacial score (nSPS) is 16.2. The van der Waals surface area contributed by atoms with E-state index in [1.807, 2.05) is 44.2 Å². The number of nitrogens with zero attached hydrogens (tertiary/aromatic N) is 1. The third-order valence-electron chi connectivity index (χ3n) is 4.45. The van der Waals surface area contributed by atoms with E-state index < -0.39 is 0 Å². The largest absolute Gasteiger partial charge is 0.438 e. The summed E-state index contributed by atoms with van der Waals surface area (Å²) in [7, 11) is 0. The molecule has 2 amide bonds. The van der Waals surface area contributed by atoms with Crippen LogP contribution in [0.1, 0.15) is 36.0 Å². The first-order valence-corrected chi connectivity index (χ1v) is 8.77. The number of hydrogen-bond donors (Lipinski definition) is 2. The van der Waals surface area contributed by atoms with Crippen LogP contribution in [0.4, 0.5) is 0 Å². The van der Waals surface area contributed by atoms with Crippen molar-refractivity contribution in [2.24, 2.45) is 0 Å². The van der Waals surface area contributed by atoms with E-state index in [-0.39, 0.29) is 17.9 Å². The molecule has 1 unspecified atom stereocenters. The highest BCUT2D eigenvalue weighted by Gasteiger charge is 2.23. The Balaban J connectivity index is 1.64. The smallest absolute Gasteiger partial charge is 0.224 e. The minimum atomic E-state index is -0.0981. The predicted molar refractivity (Wildman–Crippen MR) is 97.9 cm³/mol. The summed E-state index contributed by atoms with van der Waals surface area (Å²) in [6.07, 6.45) is 3.16. The molecule has 1 aliphatic heterocycles. The number of ether oxygens (including phenoxy) is 1. The van der Waals surface area contributed by atoms with Gasteiger partial charge in [-0.15, -0.1) is 0 Å². The van der Waals surface area contributed by atoms with Crippen LogP contribution in [0, 0.1) is 13.8 Å². The van der Waals surface area contributed by atoms with Gasteiger partial charge in [0, 0.05) is 37.2 Å². The second-order valence-corrected chi connectivity index (χ2v) is 6.57. The molecule has 0 saturated carbocycles. The molecule has 26 heavy (non-hydrogen) atoms. The van der Waals surface area contributed by atoms with E-state index in [0.717, 1.165) is 22.4 Å². The summed E-state index contributed by atoms with van der Waals surface area (Å²) in [5.74, 6) is 1.19. The predicted octanol–water partition coefficient (Wildman–Crippen LogP) is 2.78. The third-order valence-corrected chi connectivity index (χ3v) is 4.45. The number of pyridine rings is 1. The number of para-hydroxylation sites is 1. The van der Waals surface area contributed by atoms with Crippen molar-refractivity contribution in [3.63, 3.8) is 0 Å². The molecule has 0 spiro atoms. The molecular weight excluding hydrogens is 330 g/mol. The van der Waals surface area contributed by atoms with Gasteiger partial charge >= 0.3 is 0 Å². The fourth-order valence-electron chi connectivity index (χ4n) is 3.03. The van der Waals surface area contributed by atoms with Crippen molar-refractivity contribution in [3.8, 4) is 11.6 Å². The number of hydrogen-bond acceptors (Lipinski definition) is 4. The van der Waals surface area contributed by atoms with E-state index in [1.54, 1.807) is 6.20 Å². The summed E-state index contributed by atoms with van der Waals surface area (Å²) in [5, 5.41) is 5.69. The van der Waals surface area contributed by atoms with Gasteiger partial charge in [0.05, 0.1) is 0 Å². The van der Waals surface area contributed by atoms with E-state index in [2.05, 4.69) is 15.6 Å². The fraction of sp³-hybridized carbons (Fsp3) is 0.350. The zero-order valence-corrected chi connectivity index (χ0v) is 15.0. The lowest BCUT2D eigenvalue weighted by molar-refractivity contribution is -0.121. The van der Waals surface area contributed by atoms with Gasteiger partial charge in [0.1, 0.15) is 5.75 Å². The molecule has 1 saturated heterocycles. The minimum absolute atomic E-state index is 0.0133. The SMILES string of the molecule is Cc1cccc(C)c1Oc1ncccc1CNC(=O)CC1CCC(=O)N1. The number of carbonyl (C=O) groups is 2. The van der Waals surface area contributed by atoms with Crippen LogP contribution in [0.25, 0.3) is 0 Å². The number of benzene rings is 1. The molecule has 0 aliphatic carbocycles. The zero-order valence-electron chi connectivity index (χ0n) is 15.0. The summed E-state index contributed by atoms with van der Waals surface area (Å²) in [6.45, 7) is 4.30. The Morgan fingerprint density at radius 3 is 2.73 bits per heavy atom. The van der Waals surface area contributed by atoms with Gasteiger partial charge < -0.3 is 15.4 Å².